The lowest BCUT2D eigenvalue weighted by Crippen LogP contribution is -2.21. The van der Waals surface area contributed by atoms with Gasteiger partial charge >= 0.3 is 17.9 Å². The average molecular weight is 354 g/mol. The first-order chi connectivity index (χ1) is 12.6. The second-order valence-corrected chi connectivity index (χ2v) is 5.95. The van der Waals surface area contributed by atoms with Crippen LogP contribution in [0.5, 0.6) is 0 Å². The van der Waals surface area contributed by atoms with E-state index in [0.29, 0.717) is 17.5 Å². The van der Waals surface area contributed by atoms with Gasteiger partial charge in [0.15, 0.2) is 0 Å². The summed E-state index contributed by atoms with van der Waals surface area (Å²) < 4.78 is 10.2. The standard InChI is InChI=1S/C21H22O5/c1-2-9-16(15-25-20(23)17-10-5-3-6-11-17)14-19(22)26-21(24)18-12-7-4-8-13-18/h3-8,10-13,16H,2,9,14-15H2,1H3. The van der Waals surface area contributed by atoms with E-state index in [-0.39, 0.29) is 18.9 Å². The van der Waals surface area contributed by atoms with E-state index in [2.05, 4.69) is 0 Å². The van der Waals surface area contributed by atoms with Crippen molar-refractivity contribution in [1.82, 2.24) is 0 Å². The van der Waals surface area contributed by atoms with Gasteiger partial charge in [-0.05, 0) is 30.7 Å². The molecule has 0 aliphatic carbocycles. The number of hydrogen-bond acceptors (Lipinski definition) is 5. The Kier molecular flexibility index (Phi) is 7.55. The van der Waals surface area contributed by atoms with Gasteiger partial charge in [0.05, 0.1) is 24.2 Å². The van der Waals surface area contributed by atoms with E-state index in [1.807, 2.05) is 13.0 Å². The van der Waals surface area contributed by atoms with Crippen LogP contribution in [-0.2, 0) is 14.3 Å². The molecule has 2 aromatic carbocycles. The summed E-state index contributed by atoms with van der Waals surface area (Å²) in [7, 11) is 0. The number of rotatable bonds is 8. The fourth-order valence-corrected chi connectivity index (χ4v) is 2.52. The molecular weight excluding hydrogens is 332 g/mol. The van der Waals surface area contributed by atoms with Crippen LogP contribution in [0.1, 0.15) is 46.9 Å². The van der Waals surface area contributed by atoms with Crippen molar-refractivity contribution in [3.8, 4) is 0 Å². The van der Waals surface area contributed by atoms with Crippen molar-refractivity contribution in [3.63, 3.8) is 0 Å². The number of hydrogen-bond donors (Lipinski definition) is 0. The van der Waals surface area contributed by atoms with Crippen molar-refractivity contribution in [1.29, 1.82) is 0 Å². The minimum atomic E-state index is -0.674. The summed E-state index contributed by atoms with van der Waals surface area (Å²) in [6, 6.07) is 17.0. The summed E-state index contributed by atoms with van der Waals surface area (Å²) in [6.45, 7) is 2.09. The predicted molar refractivity (Wildman–Crippen MR) is 96.6 cm³/mol. The first-order valence-electron chi connectivity index (χ1n) is 8.62. The van der Waals surface area contributed by atoms with Crippen molar-refractivity contribution in [3.05, 3.63) is 71.8 Å². The topological polar surface area (TPSA) is 69.7 Å². The molecule has 0 heterocycles. The third-order valence-corrected chi connectivity index (χ3v) is 3.83. The fourth-order valence-electron chi connectivity index (χ4n) is 2.52. The van der Waals surface area contributed by atoms with E-state index >= 15 is 0 Å². The van der Waals surface area contributed by atoms with Gasteiger partial charge in [-0.2, -0.15) is 0 Å². The van der Waals surface area contributed by atoms with Crippen LogP contribution in [-0.4, -0.2) is 24.5 Å². The van der Waals surface area contributed by atoms with E-state index in [1.165, 1.54) is 0 Å². The SMILES string of the molecule is CCCC(COC(=O)c1ccccc1)CC(=O)OC(=O)c1ccccc1. The molecule has 1 atom stereocenters. The molecule has 0 aliphatic rings. The summed E-state index contributed by atoms with van der Waals surface area (Å²) in [4.78, 5) is 36.0. The minimum absolute atomic E-state index is 0.0223. The van der Waals surface area contributed by atoms with Gasteiger partial charge < -0.3 is 9.47 Å². The number of esters is 3. The highest BCUT2D eigenvalue weighted by Crippen LogP contribution is 2.15. The highest BCUT2D eigenvalue weighted by Gasteiger charge is 2.20. The van der Waals surface area contributed by atoms with Crippen LogP contribution in [0.2, 0.25) is 0 Å². The number of benzene rings is 2. The Hall–Kier alpha value is -2.95. The average Bonchev–Trinajstić information content (AvgIpc) is 2.67. The normalized spacial score (nSPS) is 11.4. The highest BCUT2D eigenvalue weighted by atomic mass is 16.6. The van der Waals surface area contributed by atoms with E-state index in [4.69, 9.17) is 9.47 Å². The van der Waals surface area contributed by atoms with E-state index < -0.39 is 17.9 Å². The van der Waals surface area contributed by atoms with Crippen molar-refractivity contribution in [2.24, 2.45) is 5.92 Å². The van der Waals surface area contributed by atoms with Gasteiger partial charge in [-0.25, -0.2) is 9.59 Å². The van der Waals surface area contributed by atoms with Crippen LogP contribution in [0.25, 0.3) is 0 Å². The van der Waals surface area contributed by atoms with Crippen LogP contribution >= 0.6 is 0 Å². The molecule has 2 aromatic rings. The maximum absolute atomic E-state index is 12.0. The Labute approximate surface area is 152 Å². The second-order valence-electron chi connectivity index (χ2n) is 5.95. The fraction of sp³-hybridized carbons (Fsp3) is 0.286. The van der Waals surface area contributed by atoms with E-state index in [0.717, 1.165) is 6.42 Å². The van der Waals surface area contributed by atoms with Gasteiger partial charge in [-0.1, -0.05) is 49.7 Å². The lowest BCUT2D eigenvalue weighted by molar-refractivity contribution is -0.139. The third-order valence-electron chi connectivity index (χ3n) is 3.83. The zero-order chi connectivity index (χ0) is 18.8. The van der Waals surface area contributed by atoms with Crippen molar-refractivity contribution < 1.29 is 23.9 Å². The smallest absolute Gasteiger partial charge is 0.345 e. The van der Waals surface area contributed by atoms with Gasteiger partial charge in [-0.15, -0.1) is 0 Å². The predicted octanol–water partition coefficient (Wildman–Crippen LogP) is 4.03. The molecule has 0 amide bonds. The van der Waals surface area contributed by atoms with Crippen molar-refractivity contribution in [2.75, 3.05) is 6.61 Å². The summed E-state index contributed by atoms with van der Waals surface area (Å²) in [5.41, 5.74) is 0.785. The Morgan fingerprint density at radius 2 is 1.38 bits per heavy atom. The van der Waals surface area contributed by atoms with Crippen LogP contribution in [0.3, 0.4) is 0 Å². The molecule has 0 aliphatic heterocycles. The van der Waals surface area contributed by atoms with Gasteiger partial charge in [0.25, 0.3) is 0 Å². The lowest BCUT2D eigenvalue weighted by atomic mass is 10.0. The van der Waals surface area contributed by atoms with Crippen molar-refractivity contribution >= 4 is 17.9 Å². The molecule has 0 spiro atoms. The van der Waals surface area contributed by atoms with Crippen LogP contribution < -0.4 is 0 Å². The molecule has 5 heteroatoms. The molecule has 26 heavy (non-hydrogen) atoms. The molecule has 1 unspecified atom stereocenters. The van der Waals surface area contributed by atoms with E-state index in [1.54, 1.807) is 54.6 Å². The summed E-state index contributed by atoms with van der Waals surface area (Å²) in [5.74, 6) is -1.91. The first kappa shape index (κ1) is 19.4. The minimum Gasteiger partial charge on any atom is -0.462 e. The molecule has 0 saturated heterocycles. The van der Waals surface area contributed by atoms with Crippen LogP contribution in [0.4, 0.5) is 0 Å². The summed E-state index contributed by atoms with van der Waals surface area (Å²) in [5, 5.41) is 0. The summed E-state index contributed by atoms with van der Waals surface area (Å²) >= 11 is 0. The maximum Gasteiger partial charge on any atom is 0.345 e. The largest absolute Gasteiger partial charge is 0.462 e. The molecule has 2 rings (SSSR count). The second kappa shape index (κ2) is 10.1. The lowest BCUT2D eigenvalue weighted by Gasteiger charge is -2.15. The van der Waals surface area contributed by atoms with Gasteiger partial charge in [0.2, 0.25) is 0 Å². The van der Waals surface area contributed by atoms with Gasteiger partial charge in [-0.3, -0.25) is 4.79 Å². The zero-order valence-electron chi connectivity index (χ0n) is 14.7. The third kappa shape index (κ3) is 6.16. The van der Waals surface area contributed by atoms with Crippen LogP contribution in [0.15, 0.2) is 60.7 Å². The molecule has 0 bridgehead atoms. The maximum atomic E-state index is 12.0. The number of carbonyl (C=O) groups excluding carboxylic acids is 3. The molecule has 0 N–H and O–H groups in total. The van der Waals surface area contributed by atoms with E-state index in [9.17, 15) is 14.4 Å². The van der Waals surface area contributed by atoms with Gasteiger partial charge in [0.1, 0.15) is 0 Å². The monoisotopic (exact) mass is 354 g/mol. The molecule has 0 fully saturated rings. The zero-order valence-corrected chi connectivity index (χ0v) is 14.7. The Morgan fingerprint density at radius 3 is 1.92 bits per heavy atom. The molecular formula is C21H22O5. The first-order valence-corrected chi connectivity index (χ1v) is 8.62. The Morgan fingerprint density at radius 1 is 0.846 bits per heavy atom. The van der Waals surface area contributed by atoms with Gasteiger partial charge in [0, 0.05) is 5.92 Å². The molecule has 0 radical (unpaired) electrons. The Balaban J connectivity index is 1.85. The summed E-state index contributed by atoms with van der Waals surface area (Å²) in [6.07, 6.45) is 1.54. The molecule has 5 nitrogen and oxygen atoms in total. The molecule has 0 aromatic heterocycles. The van der Waals surface area contributed by atoms with Crippen molar-refractivity contribution in [2.45, 2.75) is 26.2 Å². The Bertz CT molecular complexity index is 725. The number of carbonyl (C=O) groups is 3. The van der Waals surface area contributed by atoms with Crippen LogP contribution in [0, 0.1) is 5.92 Å². The molecule has 136 valence electrons. The highest BCUT2D eigenvalue weighted by molar-refractivity contribution is 5.96. The molecule has 0 saturated carbocycles. The quantitative estimate of drug-likeness (QED) is 0.529. The number of ether oxygens (including phenoxy) is 2.